The molecule has 2 aromatic rings. The third kappa shape index (κ3) is 2.29. The number of rotatable bonds is 3. The zero-order valence-electron chi connectivity index (χ0n) is 8.69. The molecule has 0 saturated carbocycles. The average Bonchev–Trinajstić information content (AvgIpc) is 2.87. The molecule has 0 radical (unpaired) electrons. The first-order valence-corrected chi connectivity index (χ1v) is 5.53. The van der Waals surface area contributed by atoms with Crippen molar-refractivity contribution in [2.45, 2.75) is 13.5 Å². The smallest absolute Gasteiger partial charge is 0.293 e. The molecule has 6 heteroatoms. The normalized spacial score (nSPS) is 10.4. The van der Waals surface area contributed by atoms with Gasteiger partial charge in [-0.1, -0.05) is 0 Å². The van der Waals surface area contributed by atoms with Gasteiger partial charge in [0.2, 0.25) is 0 Å². The van der Waals surface area contributed by atoms with E-state index in [1.54, 1.807) is 18.3 Å². The summed E-state index contributed by atoms with van der Waals surface area (Å²) < 4.78 is 5.21. The van der Waals surface area contributed by atoms with Crippen molar-refractivity contribution in [3.63, 3.8) is 0 Å². The van der Waals surface area contributed by atoms with E-state index >= 15 is 0 Å². The Bertz CT molecular complexity index is 504. The number of anilines is 1. The largest absolute Gasteiger partial charge is 0.455 e. The summed E-state index contributed by atoms with van der Waals surface area (Å²) in [6.45, 7) is 2.20. The number of amides is 1. The number of thiazole rings is 1. The zero-order valence-corrected chi connectivity index (χ0v) is 9.50. The molecule has 3 N–H and O–H groups in total. The van der Waals surface area contributed by atoms with Crippen molar-refractivity contribution in [3.05, 3.63) is 34.7 Å². The van der Waals surface area contributed by atoms with Crippen molar-refractivity contribution in [1.29, 1.82) is 0 Å². The molecule has 2 aromatic heterocycles. The monoisotopic (exact) mass is 237 g/mol. The summed E-state index contributed by atoms with van der Waals surface area (Å²) in [5, 5.41) is 3.21. The Labute approximate surface area is 96.3 Å². The van der Waals surface area contributed by atoms with Gasteiger partial charge in [-0.2, -0.15) is 0 Å². The first kappa shape index (κ1) is 10.8. The Hall–Kier alpha value is -1.66. The van der Waals surface area contributed by atoms with E-state index < -0.39 is 0 Å². The van der Waals surface area contributed by atoms with Crippen molar-refractivity contribution in [1.82, 2.24) is 4.98 Å². The molecular formula is C10H11N3O2S. The van der Waals surface area contributed by atoms with Gasteiger partial charge < -0.3 is 10.2 Å². The Morgan fingerprint density at radius 2 is 2.44 bits per heavy atom. The number of hydrogen-bond donors (Lipinski definition) is 2. The van der Waals surface area contributed by atoms with Crippen molar-refractivity contribution < 1.29 is 9.21 Å². The van der Waals surface area contributed by atoms with E-state index in [-0.39, 0.29) is 18.2 Å². The first-order valence-electron chi connectivity index (χ1n) is 4.71. The second-order valence-corrected chi connectivity index (χ2v) is 4.44. The van der Waals surface area contributed by atoms with Gasteiger partial charge >= 0.3 is 0 Å². The van der Waals surface area contributed by atoms with E-state index in [1.807, 2.05) is 6.92 Å². The van der Waals surface area contributed by atoms with Crippen LogP contribution in [0.4, 0.5) is 5.13 Å². The van der Waals surface area contributed by atoms with Gasteiger partial charge in [-0.05, 0) is 19.1 Å². The summed E-state index contributed by atoms with van der Waals surface area (Å²) in [7, 11) is 0. The summed E-state index contributed by atoms with van der Waals surface area (Å²) in [6.07, 6.45) is 1.70. The maximum absolute atomic E-state index is 11.7. The number of aryl methyl sites for hydroxylation is 1. The number of furan rings is 1. The molecular weight excluding hydrogens is 226 g/mol. The molecule has 0 bridgehead atoms. The zero-order chi connectivity index (χ0) is 11.5. The third-order valence-electron chi connectivity index (χ3n) is 1.93. The topological polar surface area (TPSA) is 81.2 Å². The predicted molar refractivity (Wildman–Crippen MR) is 61.4 cm³/mol. The van der Waals surface area contributed by atoms with Gasteiger partial charge in [0.15, 0.2) is 10.9 Å². The number of aromatic nitrogens is 1. The Kier molecular flexibility index (Phi) is 3.02. The summed E-state index contributed by atoms with van der Waals surface area (Å²) in [5.74, 6) is 0.517. The van der Waals surface area contributed by atoms with Gasteiger partial charge in [0, 0.05) is 11.1 Å². The Morgan fingerprint density at radius 1 is 1.62 bits per heavy atom. The van der Waals surface area contributed by atoms with Crippen molar-refractivity contribution in [2.75, 3.05) is 5.32 Å². The van der Waals surface area contributed by atoms with Crippen LogP contribution < -0.4 is 11.1 Å². The molecule has 0 saturated heterocycles. The van der Waals surface area contributed by atoms with Crippen LogP contribution in [-0.4, -0.2) is 10.9 Å². The van der Waals surface area contributed by atoms with Crippen molar-refractivity contribution in [2.24, 2.45) is 5.73 Å². The van der Waals surface area contributed by atoms with E-state index in [0.717, 1.165) is 4.88 Å². The van der Waals surface area contributed by atoms with Crippen LogP contribution in [0.1, 0.15) is 21.2 Å². The fourth-order valence-electron chi connectivity index (χ4n) is 1.18. The lowest BCUT2D eigenvalue weighted by Gasteiger charge is -1.97. The van der Waals surface area contributed by atoms with Crippen LogP contribution >= 0.6 is 11.3 Å². The molecule has 0 aliphatic rings. The molecule has 16 heavy (non-hydrogen) atoms. The van der Waals surface area contributed by atoms with Gasteiger partial charge in [0.25, 0.3) is 5.91 Å². The highest BCUT2D eigenvalue weighted by Crippen LogP contribution is 2.18. The van der Waals surface area contributed by atoms with Crippen LogP contribution in [0.5, 0.6) is 0 Å². The molecule has 1 amide bonds. The summed E-state index contributed by atoms with van der Waals surface area (Å²) >= 11 is 1.41. The molecule has 0 unspecified atom stereocenters. The standard InChI is InChI=1S/C10H11N3O2S/c1-6-5-12-10(16-6)13-9(14)8-3-2-7(4-11)15-8/h2-3,5H,4,11H2,1H3,(H,12,13,14). The Morgan fingerprint density at radius 3 is 3.00 bits per heavy atom. The van der Waals surface area contributed by atoms with Gasteiger partial charge in [-0.15, -0.1) is 11.3 Å². The molecule has 84 valence electrons. The van der Waals surface area contributed by atoms with E-state index in [9.17, 15) is 4.79 Å². The first-order chi connectivity index (χ1) is 7.69. The van der Waals surface area contributed by atoms with Crippen LogP contribution in [0.15, 0.2) is 22.7 Å². The highest BCUT2D eigenvalue weighted by atomic mass is 32.1. The second-order valence-electron chi connectivity index (χ2n) is 3.20. The van der Waals surface area contributed by atoms with Gasteiger partial charge in [-0.25, -0.2) is 4.98 Å². The van der Waals surface area contributed by atoms with E-state index in [1.165, 1.54) is 11.3 Å². The second kappa shape index (κ2) is 4.46. The van der Waals surface area contributed by atoms with E-state index in [0.29, 0.717) is 10.9 Å². The molecule has 0 fully saturated rings. The number of carbonyl (C=O) groups excluding carboxylic acids is 1. The Balaban J connectivity index is 2.08. The number of carbonyl (C=O) groups is 1. The molecule has 5 nitrogen and oxygen atoms in total. The maximum Gasteiger partial charge on any atom is 0.293 e. The molecule has 0 spiro atoms. The maximum atomic E-state index is 11.7. The van der Waals surface area contributed by atoms with E-state index in [2.05, 4.69) is 10.3 Å². The van der Waals surface area contributed by atoms with Crippen LogP contribution in [0.3, 0.4) is 0 Å². The minimum absolute atomic E-state index is 0.244. The average molecular weight is 237 g/mol. The summed E-state index contributed by atoms with van der Waals surface area (Å²) in [4.78, 5) is 16.7. The molecule has 0 aromatic carbocycles. The summed E-state index contributed by atoms with van der Waals surface area (Å²) in [6, 6.07) is 3.28. The lowest BCUT2D eigenvalue weighted by atomic mass is 10.4. The third-order valence-corrected chi connectivity index (χ3v) is 2.76. The minimum atomic E-state index is -0.311. The van der Waals surface area contributed by atoms with Crippen molar-refractivity contribution in [3.8, 4) is 0 Å². The fourth-order valence-corrected chi connectivity index (χ4v) is 1.84. The molecule has 2 rings (SSSR count). The van der Waals surface area contributed by atoms with Crippen LogP contribution in [0.2, 0.25) is 0 Å². The molecule has 2 heterocycles. The number of nitrogens with one attached hydrogen (secondary N) is 1. The predicted octanol–water partition coefficient (Wildman–Crippen LogP) is 1.76. The quantitative estimate of drug-likeness (QED) is 0.852. The van der Waals surface area contributed by atoms with Crippen molar-refractivity contribution >= 4 is 22.4 Å². The van der Waals surface area contributed by atoms with Gasteiger partial charge in [0.05, 0.1) is 6.54 Å². The van der Waals surface area contributed by atoms with Gasteiger partial charge in [0.1, 0.15) is 5.76 Å². The highest BCUT2D eigenvalue weighted by Gasteiger charge is 2.12. The number of nitrogens with zero attached hydrogens (tertiary/aromatic N) is 1. The fraction of sp³-hybridized carbons (Fsp3) is 0.200. The minimum Gasteiger partial charge on any atom is -0.455 e. The molecule has 0 atom stereocenters. The number of hydrogen-bond acceptors (Lipinski definition) is 5. The lowest BCUT2D eigenvalue weighted by molar-refractivity contribution is 0.0995. The summed E-state index contributed by atoms with van der Waals surface area (Å²) in [5.41, 5.74) is 5.38. The van der Waals surface area contributed by atoms with Crippen LogP contribution in [-0.2, 0) is 6.54 Å². The molecule has 0 aliphatic carbocycles. The molecule has 0 aliphatic heterocycles. The van der Waals surface area contributed by atoms with Crippen LogP contribution in [0, 0.1) is 6.92 Å². The number of nitrogens with two attached hydrogens (primary N) is 1. The van der Waals surface area contributed by atoms with Gasteiger partial charge in [-0.3, -0.25) is 10.1 Å². The van der Waals surface area contributed by atoms with Crippen LogP contribution in [0.25, 0.3) is 0 Å². The van der Waals surface area contributed by atoms with E-state index in [4.69, 9.17) is 10.2 Å². The lowest BCUT2D eigenvalue weighted by Crippen LogP contribution is -2.10. The highest BCUT2D eigenvalue weighted by molar-refractivity contribution is 7.15. The SMILES string of the molecule is Cc1cnc(NC(=O)c2ccc(CN)o2)s1.